The maximum atomic E-state index is 12.8. The smallest absolute Gasteiger partial charge is 0.408 e. The van der Waals surface area contributed by atoms with Gasteiger partial charge in [0, 0.05) is 18.6 Å². The highest BCUT2D eigenvalue weighted by Gasteiger charge is 2.41. The first-order valence-corrected chi connectivity index (χ1v) is 13.2. The first-order valence-electron chi connectivity index (χ1n) is 13.2. The third-order valence-corrected chi connectivity index (χ3v) is 6.52. The quantitative estimate of drug-likeness (QED) is 0.145. The van der Waals surface area contributed by atoms with Gasteiger partial charge >= 0.3 is 24.1 Å². The molecule has 13 nitrogen and oxygen atoms in total. The van der Waals surface area contributed by atoms with Crippen LogP contribution in [0.4, 0.5) is 15.3 Å². The van der Waals surface area contributed by atoms with E-state index in [1.165, 1.54) is 24.3 Å². The minimum Gasteiger partial charge on any atom is -0.480 e. The molecule has 2 amide bonds. The lowest BCUT2D eigenvalue weighted by Gasteiger charge is -2.31. The molecule has 2 unspecified atom stereocenters. The molecule has 2 atom stereocenters. The van der Waals surface area contributed by atoms with Gasteiger partial charge in [-0.2, -0.15) is 0 Å². The molecular weight excluding hydrogens is 562 g/mol. The van der Waals surface area contributed by atoms with Gasteiger partial charge in [-0.3, -0.25) is 10.1 Å². The second kappa shape index (κ2) is 15.5. The van der Waals surface area contributed by atoms with Crippen LogP contribution in [0.3, 0.4) is 0 Å². The van der Waals surface area contributed by atoms with E-state index in [9.17, 15) is 39.5 Å². The highest BCUT2D eigenvalue weighted by atomic mass is 16.6. The van der Waals surface area contributed by atoms with Gasteiger partial charge in [0.2, 0.25) is 0 Å². The van der Waals surface area contributed by atoms with E-state index in [-0.39, 0.29) is 44.6 Å². The Morgan fingerprint density at radius 2 is 1.33 bits per heavy atom. The van der Waals surface area contributed by atoms with Crippen LogP contribution in [0.2, 0.25) is 0 Å². The van der Waals surface area contributed by atoms with E-state index >= 15 is 0 Å². The van der Waals surface area contributed by atoms with Gasteiger partial charge < -0.3 is 30.3 Å². The fourth-order valence-electron chi connectivity index (χ4n) is 4.24. The zero-order chi connectivity index (χ0) is 31.2. The third-order valence-electron chi connectivity index (χ3n) is 6.52. The first kappa shape index (κ1) is 32.1. The van der Waals surface area contributed by atoms with Gasteiger partial charge in [-0.05, 0) is 36.0 Å². The molecule has 0 aliphatic rings. The molecule has 0 radical (unpaired) electrons. The number of hydrogen-bond donors (Lipinski definition) is 4. The second-order valence-corrected chi connectivity index (χ2v) is 9.66. The number of amides is 2. The van der Waals surface area contributed by atoms with Gasteiger partial charge in [-0.1, -0.05) is 72.8 Å². The summed E-state index contributed by atoms with van der Waals surface area (Å²) in [5, 5.41) is 35.6. The Kier molecular flexibility index (Phi) is 11.6. The van der Waals surface area contributed by atoms with Gasteiger partial charge in [-0.25, -0.2) is 19.2 Å². The average molecular weight is 594 g/mol. The van der Waals surface area contributed by atoms with Crippen molar-refractivity contribution in [2.24, 2.45) is 0 Å². The Morgan fingerprint density at radius 3 is 1.81 bits per heavy atom. The van der Waals surface area contributed by atoms with Crippen molar-refractivity contribution in [1.82, 2.24) is 10.6 Å². The molecule has 0 spiro atoms. The number of nitrogens with one attached hydrogen (secondary N) is 2. The SMILES string of the molecule is O=C(NC(CCCC(Cc1ccc([N+](=O)[O-])cc1)(NC(=O)OCc1ccccc1)C(=O)O)C(=O)O)OCc1ccccc1. The molecule has 4 N–H and O–H groups in total. The predicted molar refractivity (Wildman–Crippen MR) is 152 cm³/mol. The fraction of sp³-hybridized carbons (Fsp3) is 0.267. The number of aliphatic carboxylic acids is 2. The number of non-ortho nitro benzene ring substituents is 1. The lowest BCUT2D eigenvalue weighted by Crippen LogP contribution is -2.56. The highest BCUT2D eigenvalue weighted by molar-refractivity contribution is 5.85. The Hall–Kier alpha value is -5.46. The van der Waals surface area contributed by atoms with Crippen LogP contribution in [-0.4, -0.2) is 50.8 Å². The van der Waals surface area contributed by atoms with E-state index in [0.717, 1.165) is 0 Å². The molecule has 13 heteroatoms. The van der Waals surface area contributed by atoms with E-state index in [1.807, 2.05) is 0 Å². The molecule has 0 fully saturated rings. The Bertz CT molecular complexity index is 1400. The van der Waals surface area contributed by atoms with Crippen LogP contribution in [0.5, 0.6) is 0 Å². The summed E-state index contributed by atoms with van der Waals surface area (Å²) in [5.41, 5.74) is -0.431. The second-order valence-electron chi connectivity index (χ2n) is 9.66. The lowest BCUT2D eigenvalue weighted by molar-refractivity contribution is -0.384. The van der Waals surface area contributed by atoms with Crippen LogP contribution in [0.25, 0.3) is 0 Å². The standard InChI is InChI=1S/C30H31N3O10/c34-26(35)25(31-28(38)42-19-22-8-3-1-4-9-22)12-7-17-30(27(36)37,18-21-13-15-24(16-14-21)33(40)41)32-29(39)43-20-23-10-5-2-6-11-23/h1-6,8-11,13-16,25H,7,12,17-20H2,(H,31,38)(H,32,39)(H,34,35)(H,36,37). The summed E-state index contributed by atoms with van der Waals surface area (Å²) in [6.45, 7) is -0.207. The Balaban J connectivity index is 1.71. The van der Waals surface area contributed by atoms with Crippen LogP contribution >= 0.6 is 0 Å². The molecule has 43 heavy (non-hydrogen) atoms. The number of carboxylic acids is 2. The summed E-state index contributed by atoms with van der Waals surface area (Å²) in [6.07, 6.45) is -2.78. The number of carbonyl (C=O) groups is 4. The van der Waals surface area contributed by atoms with E-state index in [2.05, 4.69) is 10.6 Å². The van der Waals surface area contributed by atoms with Crippen LogP contribution in [0.15, 0.2) is 84.9 Å². The molecule has 3 aromatic rings. The highest BCUT2D eigenvalue weighted by Crippen LogP contribution is 2.24. The number of nitrogens with zero attached hydrogens (tertiary/aromatic N) is 1. The molecule has 0 heterocycles. The summed E-state index contributed by atoms with van der Waals surface area (Å²) >= 11 is 0. The third kappa shape index (κ3) is 10.1. The molecule has 0 bridgehead atoms. The zero-order valence-electron chi connectivity index (χ0n) is 23.0. The van der Waals surface area contributed by atoms with Crippen molar-refractivity contribution >= 4 is 29.8 Å². The maximum absolute atomic E-state index is 12.8. The number of ether oxygens (including phenoxy) is 2. The molecule has 226 valence electrons. The molecule has 0 saturated carbocycles. The summed E-state index contributed by atoms with van der Waals surface area (Å²) in [4.78, 5) is 59.9. The zero-order valence-corrected chi connectivity index (χ0v) is 23.0. The number of benzene rings is 3. The van der Waals surface area contributed by atoms with Crippen LogP contribution in [-0.2, 0) is 38.7 Å². The van der Waals surface area contributed by atoms with E-state index in [4.69, 9.17) is 9.47 Å². The van der Waals surface area contributed by atoms with Crippen LogP contribution in [0.1, 0.15) is 36.0 Å². The van der Waals surface area contributed by atoms with Crippen molar-refractivity contribution in [1.29, 1.82) is 0 Å². The molecule has 0 saturated heterocycles. The van der Waals surface area contributed by atoms with Crippen molar-refractivity contribution in [3.05, 3.63) is 112 Å². The number of alkyl carbamates (subject to hydrolysis) is 2. The van der Waals surface area contributed by atoms with Gasteiger partial charge in [0.05, 0.1) is 4.92 Å². The summed E-state index contributed by atoms with van der Waals surface area (Å²) in [6, 6.07) is 21.3. The molecule has 0 aliphatic heterocycles. The summed E-state index contributed by atoms with van der Waals surface area (Å²) in [5.74, 6) is -2.78. The molecule has 3 rings (SSSR count). The van der Waals surface area contributed by atoms with Crippen molar-refractivity contribution in [2.45, 2.75) is 50.5 Å². The number of rotatable bonds is 15. The van der Waals surface area contributed by atoms with Gasteiger partial charge in [0.1, 0.15) is 24.8 Å². The number of hydrogen-bond acceptors (Lipinski definition) is 8. The van der Waals surface area contributed by atoms with Gasteiger partial charge in [-0.15, -0.1) is 0 Å². The van der Waals surface area contributed by atoms with Crippen molar-refractivity contribution in [2.75, 3.05) is 0 Å². The predicted octanol–water partition coefficient (Wildman–Crippen LogP) is 4.44. The van der Waals surface area contributed by atoms with E-state index in [0.29, 0.717) is 16.7 Å². The van der Waals surface area contributed by atoms with E-state index in [1.54, 1.807) is 60.7 Å². The van der Waals surface area contributed by atoms with Crippen LogP contribution < -0.4 is 10.6 Å². The van der Waals surface area contributed by atoms with E-state index < -0.39 is 40.6 Å². The minimum atomic E-state index is -1.97. The fourth-order valence-corrected chi connectivity index (χ4v) is 4.24. The monoisotopic (exact) mass is 593 g/mol. The average Bonchev–Trinajstić information content (AvgIpc) is 2.99. The van der Waals surface area contributed by atoms with Crippen molar-refractivity contribution < 1.29 is 43.8 Å². The lowest BCUT2D eigenvalue weighted by atomic mass is 9.85. The number of carboxylic acid groups (broad SMARTS) is 2. The largest absolute Gasteiger partial charge is 0.480 e. The first-order chi connectivity index (χ1) is 20.6. The topological polar surface area (TPSA) is 194 Å². The normalized spacial score (nSPS) is 12.7. The van der Waals surface area contributed by atoms with Gasteiger partial charge in [0.15, 0.2) is 0 Å². The Morgan fingerprint density at radius 1 is 0.791 bits per heavy atom. The van der Waals surface area contributed by atoms with Crippen molar-refractivity contribution in [3.8, 4) is 0 Å². The van der Waals surface area contributed by atoms with Crippen LogP contribution in [0, 0.1) is 10.1 Å². The van der Waals surface area contributed by atoms with Gasteiger partial charge in [0.25, 0.3) is 5.69 Å². The maximum Gasteiger partial charge on any atom is 0.408 e. The Labute approximate surface area is 246 Å². The summed E-state index contributed by atoms with van der Waals surface area (Å²) in [7, 11) is 0. The molecule has 0 aromatic heterocycles. The molecular formula is C30H31N3O10. The number of nitro groups is 1. The minimum absolute atomic E-state index is 0.0613. The number of nitro benzene ring substituents is 1. The molecule has 0 aliphatic carbocycles. The molecule has 3 aromatic carbocycles. The number of carbonyl (C=O) groups excluding carboxylic acids is 2. The van der Waals surface area contributed by atoms with Crippen molar-refractivity contribution in [3.63, 3.8) is 0 Å². The summed E-state index contributed by atoms with van der Waals surface area (Å²) < 4.78 is 10.3.